The molecule has 0 saturated heterocycles. The molecule has 14 heavy (non-hydrogen) atoms. The molecule has 0 aliphatic rings. The predicted molar refractivity (Wildman–Crippen MR) is 65.0 cm³/mol. The molecule has 0 atom stereocenters. The first-order valence-electron chi connectivity index (χ1n) is 4.74. The summed E-state index contributed by atoms with van der Waals surface area (Å²) in [5, 5.41) is 0. The van der Waals surface area contributed by atoms with E-state index in [9.17, 15) is 0 Å². The summed E-state index contributed by atoms with van der Waals surface area (Å²) in [6.07, 6.45) is 4.27. The molecule has 0 aromatic rings. The molecule has 6 heteroatoms. The number of hydrogen-bond acceptors (Lipinski definition) is 3. The zero-order valence-corrected chi connectivity index (χ0v) is 12.4. The quantitative estimate of drug-likeness (QED) is 0.318. The van der Waals surface area contributed by atoms with E-state index in [0.717, 1.165) is 25.7 Å². The fourth-order valence-electron chi connectivity index (χ4n) is 0.686. The topological polar surface area (TPSA) is 18.5 Å². The van der Waals surface area contributed by atoms with Gasteiger partial charge in [-0.25, -0.2) is 0 Å². The van der Waals surface area contributed by atoms with Gasteiger partial charge in [-0.1, -0.05) is 38.9 Å². The zero-order chi connectivity index (χ0) is 10.2. The predicted octanol–water partition coefficient (Wildman–Crippen LogP) is 3.77. The van der Waals surface area contributed by atoms with E-state index in [-0.39, 0.29) is 17.1 Å². The van der Waals surface area contributed by atoms with Crippen LogP contribution in [0.15, 0.2) is 0 Å². The van der Waals surface area contributed by atoms with Gasteiger partial charge in [-0.05, 0) is 24.6 Å². The van der Waals surface area contributed by atoms with Gasteiger partial charge in [0.1, 0.15) is 0 Å². The van der Waals surface area contributed by atoms with Gasteiger partial charge in [0, 0.05) is 17.1 Å². The molecule has 0 aliphatic carbocycles. The summed E-state index contributed by atoms with van der Waals surface area (Å²) in [7, 11) is 0. The molecule has 0 unspecified atom stereocenters. The maximum absolute atomic E-state index is 5.38. The van der Waals surface area contributed by atoms with Crippen LogP contribution in [-0.4, -0.2) is 13.2 Å². The van der Waals surface area contributed by atoms with Crippen LogP contribution in [0.25, 0.3) is 0 Å². The molecule has 0 amide bonds. The van der Waals surface area contributed by atoms with Crippen LogP contribution in [0, 0.1) is 0 Å². The van der Waals surface area contributed by atoms with E-state index in [1.54, 1.807) is 0 Å². The van der Waals surface area contributed by atoms with E-state index in [2.05, 4.69) is 26.1 Å². The first-order chi connectivity index (χ1) is 6.12. The van der Waals surface area contributed by atoms with Crippen molar-refractivity contribution in [2.75, 3.05) is 13.2 Å². The van der Waals surface area contributed by atoms with Crippen molar-refractivity contribution in [1.29, 1.82) is 0 Å². The molecule has 0 rings (SSSR count). The molecular weight excluding hydrogens is 279 g/mol. The molecule has 0 spiro atoms. The Kier molecular flexibility index (Phi) is 13.9. The molecule has 0 aromatic heterocycles. The third-order valence-corrected chi connectivity index (χ3v) is 3.85. The van der Waals surface area contributed by atoms with Crippen molar-refractivity contribution in [3.8, 4) is 0 Å². The third-order valence-electron chi connectivity index (χ3n) is 1.50. The van der Waals surface area contributed by atoms with Gasteiger partial charge in [0.25, 0.3) is 0 Å². The van der Waals surface area contributed by atoms with Crippen LogP contribution in [0.2, 0.25) is 0 Å². The summed E-state index contributed by atoms with van der Waals surface area (Å²) in [5.41, 5.74) is -2.22. The molecule has 0 heterocycles. The number of hydrogen-bond donors (Lipinski definition) is 1. The summed E-state index contributed by atoms with van der Waals surface area (Å²) in [6, 6.07) is 0. The van der Waals surface area contributed by atoms with Gasteiger partial charge in [-0.15, -0.1) is 0 Å². The molecule has 0 N–H and O–H groups in total. The van der Waals surface area contributed by atoms with Gasteiger partial charge in [0.15, 0.2) is 0 Å². The fraction of sp³-hybridized carbons (Fsp3) is 1.00. The summed E-state index contributed by atoms with van der Waals surface area (Å²) in [5.74, 6) is 0. The molecule has 0 aliphatic heterocycles. The number of thiol groups is 1. The fourth-order valence-corrected chi connectivity index (χ4v) is 2.42. The van der Waals surface area contributed by atoms with E-state index in [1.807, 2.05) is 0 Å². The molecular formula is C8H19FeO2PS2. The van der Waals surface area contributed by atoms with E-state index in [1.165, 1.54) is 0 Å². The van der Waals surface area contributed by atoms with Crippen molar-refractivity contribution in [2.45, 2.75) is 39.5 Å². The second-order valence-corrected chi connectivity index (χ2v) is 8.13. The van der Waals surface area contributed by atoms with Crippen LogP contribution in [0.3, 0.4) is 0 Å². The minimum Gasteiger partial charge on any atom is -0.322 e. The van der Waals surface area contributed by atoms with Crippen LogP contribution in [0.1, 0.15) is 39.5 Å². The number of unbranched alkanes of at least 4 members (excludes halogenated alkanes) is 2. The monoisotopic (exact) mass is 298 g/mol. The average molecular weight is 298 g/mol. The summed E-state index contributed by atoms with van der Waals surface area (Å²) in [4.78, 5) is 0. The van der Waals surface area contributed by atoms with Crippen molar-refractivity contribution in [2.24, 2.45) is 0 Å². The van der Waals surface area contributed by atoms with Gasteiger partial charge in [-0.2, -0.15) is 0 Å². The van der Waals surface area contributed by atoms with Crippen molar-refractivity contribution in [3.63, 3.8) is 0 Å². The van der Waals surface area contributed by atoms with E-state index < -0.39 is 5.69 Å². The zero-order valence-electron chi connectivity index (χ0n) is 8.72. The first kappa shape index (κ1) is 17.8. The van der Waals surface area contributed by atoms with Gasteiger partial charge in [0.2, 0.25) is 5.69 Å². The standard InChI is InChI=1S/C8H19O2PS2.Fe/c1-3-5-7-9-11(12,13)10-8-6-4-2;/h3-8H2,1-2H3,(H,12,13);. The Bertz CT molecular complexity index is 155. The molecule has 0 fully saturated rings. The number of rotatable bonds is 8. The summed E-state index contributed by atoms with van der Waals surface area (Å²) >= 11 is 9.31. The largest absolute Gasteiger partial charge is 0.322 e. The Labute approximate surface area is 108 Å². The SMILES string of the molecule is CCCCOP(=S)(S)OCCCC.[Fe]. The van der Waals surface area contributed by atoms with Gasteiger partial charge in [-0.3, -0.25) is 0 Å². The summed E-state index contributed by atoms with van der Waals surface area (Å²) in [6.45, 7) is 5.57. The molecule has 0 saturated carbocycles. The van der Waals surface area contributed by atoms with Gasteiger partial charge in [0.05, 0.1) is 13.2 Å². The van der Waals surface area contributed by atoms with Crippen LogP contribution in [-0.2, 0) is 37.9 Å². The Balaban J connectivity index is 0. The molecule has 0 bridgehead atoms. The second-order valence-electron chi connectivity index (χ2n) is 2.84. The minimum atomic E-state index is -2.22. The molecule has 88 valence electrons. The Morgan fingerprint density at radius 1 is 1.07 bits per heavy atom. The molecule has 0 aromatic carbocycles. The van der Waals surface area contributed by atoms with Gasteiger partial charge < -0.3 is 9.05 Å². The maximum Gasteiger partial charge on any atom is 0.244 e. The van der Waals surface area contributed by atoms with Crippen LogP contribution in [0.5, 0.6) is 0 Å². The van der Waals surface area contributed by atoms with E-state index >= 15 is 0 Å². The van der Waals surface area contributed by atoms with Crippen molar-refractivity contribution >= 4 is 29.7 Å². The minimum absolute atomic E-state index is 0. The summed E-state index contributed by atoms with van der Waals surface area (Å²) < 4.78 is 10.8. The van der Waals surface area contributed by atoms with Crippen LogP contribution in [0.4, 0.5) is 0 Å². The molecule has 0 radical (unpaired) electrons. The Morgan fingerprint density at radius 3 is 1.71 bits per heavy atom. The van der Waals surface area contributed by atoms with Crippen LogP contribution >= 0.6 is 17.9 Å². The Hall–Kier alpha value is 1.44. The first-order valence-corrected chi connectivity index (χ1v) is 8.53. The van der Waals surface area contributed by atoms with Gasteiger partial charge >= 0.3 is 0 Å². The second kappa shape index (κ2) is 10.9. The average Bonchev–Trinajstić information content (AvgIpc) is 2.05. The maximum atomic E-state index is 5.38. The van der Waals surface area contributed by atoms with E-state index in [0.29, 0.717) is 13.2 Å². The van der Waals surface area contributed by atoms with Crippen LogP contribution < -0.4 is 0 Å². The van der Waals surface area contributed by atoms with Crippen molar-refractivity contribution < 1.29 is 26.1 Å². The van der Waals surface area contributed by atoms with E-state index in [4.69, 9.17) is 20.9 Å². The smallest absolute Gasteiger partial charge is 0.244 e. The van der Waals surface area contributed by atoms with Crippen molar-refractivity contribution in [1.82, 2.24) is 0 Å². The molecule has 2 nitrogen and oxygen atoms in total. The van der Waals surface area contributed by atoms with Crippen molar-refractivity contribution in [3.05, 3.63) is 0 Å². The third kappa shape index (κ3) is 11.5. The Morgan fingerprint density at radius 2 is 1.43 bits per heavy atom. The normalized spacial score (nSPS) is 11.1.